The summed E-state index contributed by atoms with van der Waals surface area (Å²) in [5.74, 6) is -2.93. The van der Waals surface area contributed by atoms with Gasteiger partial charge in [-0.25, -0.2) is 17.2 Å². The summed E-state index contributed by atoms with van der Waals surface area (Å²) in [5, 5.41) is 2.26. The van der Waals surface area contributed by atoms with Gasteiger partial charge < -0.3 is 5.32 Å². The second-order valence-electron chi connectivity index (χ2n) is 5.01. The second kappa shape index (κ2) is 7.55. The van der Waals surface area contributed by atoms with E-state index >= 15 is 0 Å². The first kappa shape index (κ1) is 19.4. The van der Waals surface area contributed by atoms with Crippen molar-refractivity contribution in [1.29, 1.82) is 0 Å². The second-order valence-corrected chi connectivity index (χ2v) is 7.76. The molecule has 2 rings (SSSR count). The normalized spacial score (nSPS) is 11.2. The molecule has 1 N–H and O–H groups in total. The van der Waals surface area contributed by atoms with Gasteiger partial charge >= 0.3 is 0 Å². The van der Waals surface area contributed by atoms with Gasteiger partial charge in [0.1, 0.15) is 23.9 Å². The van der Waals surface area contributed by atoms with Crippen molar-refractivity contribution in [2.75, 3.05) is 22.4 Å². The fourth-order valence-electron chi connectivity index (χ4n) is 1.98. The van der Waals surface area contributed by atoms with Crippen LogP contribution in [0.3, 0.4) is 0 Å². The van der Waals surface area contributed by atoms with Gasteiger partial charge in [0.15, 0.2) is 0 Å². The Labute approximate surface area is 153 Å². The van der Waals surface area contributed by atoms with Crippen LogP contribution in [0.4, 0.5) is 20.2 Å². The van der Waals surface area contributed by atoms with Gasteiger partial charge in [0.2, 0.25) is 15.9 Å². The molecule has 5 nitrogen and oxygen atoms in total. The summed E-state index contributed by atoms with van der Waals surface area (Å²) in [5.41, 5.74) is -0.695. The van der Waals surface area contributed by atoms with Gasteiger partial charge in [0.05, 0.1) is 17.0 Å². The van der Waals surface area contributed by atoms with Crippen molar-refractivity contribution in [3.63, 3.8) is 0 Å². The van der Waals surface area contributed by atoms with Crippen molar-refractivity contribution in [1.82, 2.24) is 0 Å². The molecule has 1 amide bonds. The van der Waals surface area contributed by atoms with Gasteiger partial charge in [0, 0.05) is 5.02 Å². The van der Waals surface area contributed by atoms with Crippen LogP contribution in [0.25, 0.3) is 0 Å². The first-order valence-corrected chi connectivity index (χ1v) is 9.36. The Bertz CT molecular complexity index is 903. The third-order valence-electron chi connectivity index (χ3n) is 3.09. The van der Waals surface area contributed by atoms with Crippen molar-refractivity contribution < 1.29 is 22.0 Å². The number of benzene rings is 2. The highest BCUT2D eigenvalue weighted by molar-refractivity contribution is 7.92. The largest absolute Gasteiger partial charge is 0.320 e. The van der Waals surface area contributed by atoms with Crippen molar-refractivity contribution >= 4 is 50.5 Å². The van der Waals surface area contributed by atoms with Gasteiger partial charge in [-0.05, 0) is 30.3 Å². The van der Waals surface area contributed by atoms with Gasteiger partial charge in [-0.2, -0.15) is 0 Å². The van der Waals surface area contributed by atoms with Crippen LogP contribution in [0.5, 0.6) is 0 Å². The molecule has 0 atom stereocenters. The quantitative estimate of drug-likeness (QED) is 0.820. The van der Waals surface area contributed by atoms with Crippen LogP contribution in [0, 0.1) is 11.6 Å². The zero-order valence-corrected chi connectivity index (χ0v) is 15.1. The fourth-order valence-corrected chi connectivity index (χ4v) is 3.28. The summed E-state index contributed by atoms with van der Waals surface area (Å²) >= 11 is 11.8. The van der Waals surface area contributed by atoms with E-state index in [9.17, 15) is 22.0 Å². The summed E-state index contributed by atoms with van der Waals surface area (Å²) in [7, 11) is -3.92. The van der Waals surface area contributed by atoms with Crippen molar-refractivity contribution in [2.24, 2.45) is 0 Å². The molecule has 25 heavy (non-hydrogen) atoms. The standard InChI is InChI=1S/C15H12Cl2F2N2O3S/c1-25(23,24)21(13-7-9(16)5-6-10(13)17)8-14(22)20-15-11(18)3-2-4-12(15)19/h2-7H,8H2,1H3,(H,20,22). The number of hydrogen-bond acceptors (Lipinski definition) is 3. The minimum Gasteiger partial charge on any atom is -0.320 e. The average Bonchev–Trinajstić information content (AvgIpc) is 2.50. The van der Waals surface area contributed by atoms with E-state index in [-0.39, 0.29) is 15.7 Å². The summed E-state index contributed by atoms with van der Waals surface area (Å²) < 4.78 is 51.9. The third kappa shape index (κ3) is 4.81. The molecule has 0 fully saturated rings. The predicted octanol–water partition coefficient (Wildman–Crippen LogP) is 3.68. The van der Waals surface area contributed by atoms with Gasteiger partial charge in [-0.3, -0.25) is 9.10 Å². The molecule has 10 heteroatoms. The lowest BCUT2D eigenvalue weighted by Gasteiger charge is -2.23. The van der Waals surface area contributed by atoms with Gasteiger partial charge in [-0.1, -0.05) is 29.3 Å². The maximum absolute atomic E-state index is 13.6. The minimum atomic E-state index is -3.92. The summed E-state index contributed by atoms with van der Waals surface area (Å²) in [4.78, 5) is 12.1. The average molecular weight is 409 g/mol. The Balaban J connectivity index is 2.32. The number of anilines is 2. The molecule has 0 aromatic heterocycles. The number of sulfonamides is 1. The van der Waals surface area contributed by atoms with E-state index in [0.29, 0.717) is 4.31 Å². The van der Waals surface area contributed by atoms with Crippen LogP contribution in [-0.4, -0.2) is 27.1 Å². The SMILES string of the molecule is CS(=O)(=O)N(CC(=O)Nc1c(F)cccc1F)c1cc(Cl)ccc1Cl. The summed E-state index contributed by atoms with van der Waals surface area (Å²) in [6.07, 6.45) is 0.862. The lowest BCUT2D eigenvalue weighted by Crippen LogP contribution is -2.37. The minimum absolute atomic E-state index is 0.0270. The predicted molar refractivity (Wildman–Crippen MR) is 93.6 cm³/mol. The molecule has 0 saturated carbocycles. The molecule has 0 aliphatic rings. The van der Waals surface area contributed by atoms with E-state index in [4.69, 9.17) is 23.2 Å². The highest BCUT2D eigenvalue weighted by atomic mass is 35.5. The van der Waals surface area contributed by atoms with Crippen molar-refractivity contribution in [3.05, 3.63) is 58.1 Å². The van der Waals surface area contributed by atoms with Crippen molar-refractivity contribution in [3.8, 4) is 0 Å². The molecule has 0 unspecified atom stereocenters. The first-order chi connectivity index (χ1) is 11.6. The van der Waals surface area contributed by atoms with Crippen LogP contribution >= 0.6 is 23.2 Å². The number of rotatable bonds is 5. The summed E-state index contributed by atoms with van der Waals surface area (Å²) in [6.45, 7) is -0.743. The molecule has 0 heterocycles. The Hall–Kier alpha value is -1.90. The zero-order valence-electron chi connectivity index (χ0n) is 12.8. The molecule has 2 aromatic rings. The third-order valence-corrected chi connectivity index (χ3v) is 4.77. The number of para-hydroxylation sites is 1. The van der Waals surface area contributed by atoms with Crippen LogP contribution in [0.1, 0.15) is 0 Å². The molecular formula is C15H12Cl2F2N2O3S. The zero-order chi connectivity index (χ0) is 18.8. The highest BCUT2D eigenvalue weighted by Gasteiger charge is 2.24. The molecular weight excluding hydrogens is 397 g/mol. The number of carbonyl (C=O) groups excluding carboxylic acids is 1. The number of amides is 1. The van der Waals surface area contributed by atoms with Crippen LogP contribution in [-0.2, 0) is 14.8 Å². The highest BCUT2D eigenvalue weighted by Crippen LogP contribution is 2.30. The van der Waals surface area contributed by atoms with Crippen molar-refractivity contribution in [2.45, 2.75) is 0 Å². The summed E-state index contributed by atoms with van der Waals surface area (Å²) in [6, 6.07) is 7.13. The number of nitrogens with zero attached hydrogens (tertiary/aromatic N) is 1. The van der Waals surface area contributed by atoms with Gasteiger partial charge in [-0.15, -0.1) is 0 Å². The maximum Gasteiger partial charge on any atom is 0.245 e. The van der Waals surface area contributed by atoms with E-state index < -0.39 is 39.8 Å². The number of halogens is 4. The Morgan fingerprint density at radius 2 is 1.76 bits per heavy atom. The monoisotopic (exact) mass is 408 g/mol. The Kier molecular flexibility index (Phi) is 5.87. The lowest BCUT2D eigenvalue weighted by atomic mass is 10.3. The van der Waals surface area contributed by atoms with E-state index in [2.05, 4.69) is 0 Å². The van der Waals surface area contributed by atoms with E-state index in [0.717, 1.165) is 24.5 Å². The number of carbonyl (C=O) groups is 1. The van der Waals surface area contributed by atoms with E-state index in [1.54, 1.807) is 0 Å². The molecule has 0 saturated heterocycles. The Morgan fingerprint density at radius 3 is 2.32 bits per heavy atom. The lowest BCUT2D eigenvalue weighted by molar-refractivity contribution is -0.114. The number of nitrogens with one attached hydrogen (secondary N) is 1. The van der Waals surface area contributed by atoms with Crippen LogP contribution < -0.4 is 9.62 Å². The maximum atomic E-state index is 13.6. The van der Waals surface area contributed by atoms with Gasteiger partial charge in [0.25, 0.3) is 0 Å². The smallest absolute Gasteiger partial charge is 0.245 e. The van der Waals surface area contributed by atoms with Crippen LogP contribution in [0.15, 0.2) is 36.4 Å². The topological polar surface area (TPSA) is 66.5 Å². The molecule has 0 aliphatic heterocycles. The molecule has 134 valence electrons. The Morgan fingerprint density at radius 1 is 1.16 bits per heavy atom. The molecule has 0 radical (unpaired) electrons. The molecule has 2 aromatic carbocycles. The first-order valence-electron chi connectivity index (χ1n) is 6.76. The molecule has 0 bridgehead atoms. The molecule has 0 aliphatic carbocycles. The molecule has 0 spiro atoms. The van der Waals surface area contributed by atoms with E-state index in [1.807, 2.05) is 5.32 Å². The van der Waals surface area contributed by atoms with Crippen LogP contribution in [0.2, 0.25) is 10.0 Å². The van der Waals surface area contributed by atoms with E-state index in [1.165, 1.54) is 18.2 Å². The number of hydrogen-bond donors (Lipinski definition) is 1. The fraction of sp³-hybridized carbons (Fsp3) is 0.133.